The Kier molecular flexibility index (Phi) is 7.27. The highest BCUT2D eigenvalue weighted by atomic mass is 32.2. The molecule has 3 rings (SSSR count). The number of nitrogens with one attached hydrogen (secondary N) is 1. The Bertz CT molecular complexity index is 939. The van der Waals surface area contributed by atoms with Gasteiger partial charge in [-0.1, -0.05) is 54.2 Å². The van der Waals surface area contributed by atoms with E-state index in [0.29, 0.717) is 5.16 Å². The van der Waals surface area contributed by atoms with Crippen LogP contribution in [0.15, 0.2) is 69.8 Å². The average Bonchev–Trinajstić information content (AvgIpc) is 3.16. The predicted octanol–water partition coefficient (Wildman–Crippen LogP) is 3.93. The molecule has 0 aliphatic heterocycles. The van der Waals surface area contributed by atoms with Crippen molar-refractivity contribution in [3.8, 4) is 11.4 Å². The van der Waals surface area contributed by atoms with Crippen molar-refractivity contribution >= 4 is 35.6 Å². The van der Waals surface area contributed by atoms with Gasteiger partial charge in [0, 0.05) is 17.0 Å². The lowest BCUT2D eigenvalue weighted by Crippen LogP contribution is -2.20. The van der Waals surface area contributed by atoms with E-state index in [4.69, 9.17) is 0 Å². The van der Waals surface area contributed by atoms with Gasteiger partial charge in [0.25, 0.3) is 5.91 Å². The van der Waals surface area contributed by atoms with Crippen LogP contribution in [-0.2, 0) is 11.3 Å². The van der Waals surface area contributed by atoms with Gasteiger partial charge in [0.1, 0.15) is 0 Å². The molecule has 0 unspecified atom stereocenters. The third-order valence-electron chi connectivity index (χ3n) is 3.92. The van der Waals surface area contributed by atoms with Crippen LogP contribution in [0.1, 0.15) is 12.5 Å². The standard InChI is InChI=1S/C20H21N5OS2/c1-3-25-19(16-7-5-4-6-8-16)23-24-20(25)28-14-18(26)22-21-13-15-9-11-17(27-2)12-10-15/h4-13H,3,14H2,1-2H3,(H,22,26)/b21-13-. The minimum Gasteiger partial charge on any atom is -0.302 e. The summed E-state index contributed by atoms with van der Waals surface area (Å²) in [6, 6.07) is 17.9. The molecule has 1 aromatic heterocycles. The van der Waals surface area contributed by atoms with Crippen LogP contribution < -0.4 is 5.43 Å². The minimum atomic E-state index is -0.186. The molecule has 1 amide bonds. The fourth-order valence-corrected chi connectivity index (χ4v) is 3.72. The summed E-state index contributed by atoms with van der Waals surface area (Å²) in [5.41, 5.74) is 4.49. The van der Waals surface area contributed by atoms with Crippen molar-refractivity contribution in [2.24, 2.45) is 5.10 Å². The molecule has 0 radical (unpaired) electrons. The highest BCUT2D eigenvalue weighted by Crippen LogP contribution is 2.23. The molecule has 0 spiro atoms. The van der Waals surface area contributed by atoms with Crippen molar-refractivity contribution in [2.75, 3.05) is 12.0 Å². The summed E-state index contributed by atoms with van der Waals surface area (Å²) in [6.07, 6.45) is 3.66. The monoisotopic (exact) mass is 411 g/mol. The fourth-order valence-electron chi connectivity index (χ4n) is 2.51. The largest absolute Gasteiger partial charge is 0.302 e. The molecule has 0 aliphatic carbocycles. The fraction of sp³-hybridized carbons (Fsp3) is 0.200. The molecule has 144 valence electrons. The number of rotatable bonds is 8. The smallest absolute Gasteiger partial charge is 0.250 e. The number of hydrogen-bond acceptors (Lipinski definition) is 6. The van der Waals surface area contributed by atoms with Crippen LogP contribution in [0.5, 0.6) is 0 Å². The zero-order chi connectivity index (χ0) is 19.8. The van der Waals surface area contributed by atoms with E-state index in [0.717, 1.165) is 23.5 Å². The Hall–Kier alpha value is -2.58. The van der Waals surface area contributed by atoms with Gasteiger partial charge in [-0.2, -0.15) is 5.10 Å². The maximum Gasteiger partial charge on any atom is 0.250 e. The predicted molar refractivity (Wildman–Crippen MR) is 116 cm³/mol. The topological polar surface area (TPSA) is 72.2 Å². The lowest BCUT2D eigenvalue weighted by Gasteiger charge is -2.06. The van der Waals surface area contributed by atoms with Crippen molar-refractivity contribution in [1.29, 1.82) is 0 Å². The molecule has 1 heterocycles. The summed E-state index contributed by atoms with van der Waals surface area (Å²) in [7, 11) is 0. The van der Waals surface area contributed by atoms with Crippen molar-refractivity contribution in [1.82, 2.24) is 20.2 Å². The van der Waals surface area contributed by atoms with Crippen LogP contribution in [0.25, 0.3) is 11.4 Å². The van der Waals surface area contributed by atoms with Crippen molar-refractivity contribution < 1.29 is 4.79 Å². The molecule has 6 nitrogen and oxygen atoms in total. The van der Waals surface area contributed by atoms with E-state index in [1.54, 1.807) is 18.0 Å². The molecule has 0 saturated heterocycles. The molecule has 8 heteroatoms. The third-order valence-corrected chi connectivity index (χ3v) is 5.63. The van der Waals surface area contributed by atoms with Gasteiger partial charge in [0.2, 0.25) is 0 Å². The normalized spacial score (nSPS) is 11.1. The summed E-state index contributed by atoms with van der Waals surface area (Å²) >= 11 is 3.03. The van der Waals surface area contributed by atoms with Crippen LogP contribution >= 0.6 is 23.5 Å². The average molecular weight is 412 g/mol. The Labute approximate surface area is 172 Å². The molecule has 0 saturated carbocycles. The van der Waals surface area contributed by atoms with Gasteiger partial charge < -0.3 is 4.57 Å². The van der Waals surface area contributed by atoms with E-state index in [2.05, 4.69) is 20.7 Å². The van der Waals surface area contributed by atoms with Crippen molar-refractivity contribution in [3.05, 3.63) is 60.2 Å². The summed E-state index contributed by atoms with van der Waals surface area (Å²) in [5, 5.41) is 13.2. The van der Waals surface area contributed by atoms with Crippen LogP contribution in [0.4, 0.5) is 0 Å². The molecule has 3 aromatic rings. The van der Waals surface area contributed by atoms with Crippen LogP contribution in [-0.4, -0.2) is 38.9 Å². The first kappa shape index (κ1) is 20.2. The van der Waals surface area contributed by atoms with Gasteiger partial charge in [-0.3, -0.25) is 4.79 Å². The third kappa shape index (κ3) is 5.24. The van der Waals surface area contributed by atoms with Gasteiger partial charge in [0.15, 0.2) is 11.0 Å². The van der Waals surface area contributed by atoms with Gasteiger partial charge in [-0.05, 0) is 30.9 Å². The quantitative estimate of drug-likeness (QED) is 0.345. The van der Waals surface area contributed by atoms with Gasteiger partial charge >= 0.3 is 0 Å². The highest BCUT2D eigenvalue weighted by Gasteiger charge is 2.14. The second-order valence-electron chi connectivity index (χ2n) is 5.77. The maximum atomic E-state index is 12.1. The first-order valence-electron chi connectivity index (χ1n) is 8.78. The van der Waals surface area contributed by atoms with E-state index in [1.165, 1.54) is 16.7 Å². The second kappa shape index (κ2) is 10.1. The Morgan fingerprint density at radius 1 is 1.14 bits per heavy atom. The second-order valence-corrected chi connectivity index (χ2v) is 7.59. The van der Waals surface area contributed by atoms with E-state index in [-0.39, 0.29) is 11.7 Å². The molecule has 0 atom stereocenters. The van der Waals surface area contributed by atoms with Crippen molar-refractivity contribution in [2.45, 2.75) is 23.5 Å². The number of nitrogens with zero attached hydrogens (tertiary/aromatic N) is 4. The minimum absolute atomic E-state index is 0.186. The summed E-state index contributed by atoms with van der Waals surface area (Å²) < 4.78 is 2.00. The first-order valence-corrected chi connectivity index (χ1v) is 11.0. The molecule has 0 aliphatic rings. The van der Waals surface area contributed by atoms with Crippen LogP contribution in [0.2, 0.25) is 0 Å². The maximum absolute atomic E-state index is 12.1. The molecule has 1 N–H and O–H groups in total. The van der Waals surface area contributed by atoms with E-state index >= 15 is 0 Å². The summed E-state index contributed by atoms with van der Waals surface area (Å²) in [5.74, 6) is 0.835. The van der Waals surface area contributed by atoms with Crippen LogP contribution in [0.3, 0.4) is 0 Å². The Morgan fingerprint density at radius 3 is 2.57 bits per heavy atom. The first-order chi connectivity index (χ1) is 13.7. The number of benzene rings is 2. The van der Waals surface area contributed by atoms with E-state index in [1.807, 2.05) is 72.3 Å². The molecular weight excluding hydrogens is 390 g/mol. The SMILES string of the molecule is CCn1c(SCC(=O)N/N=C\c2ccc(SC)cc2)nnc1-c1ccccc1. The zero-order valence-electron chi connectivity index (χ0n) is 15.7. The number of aromatic nitrogens is 3. The number of amides is 1. The van der Waals surface area contributed by atoms with Gasteiger partial charge in [-0.15, -0.1) is 22.0 Å². The van der Waals surface area contributed by atoms with E-state index < -0.39 is 0 Å². The molecule has 0 fully saturated rings. The van der Waals surface area contributed by atoms with Gasteiger partial charge in [-0.25, -0.2) is 5.43 Å². The van der Waals surface area contributed by atoms with Crippen molar-refractivity contribution in [3.63, 3.8) is 0 Å². The number of thioether (sulfide) groups is 2. The molecule has 28 heavy (non-hydrogen) atoms. The number of hydrazone groups is 1. The summed E-state index contributed by atoms with van der Waals surface area (Å²) in [6.45, 7) is 2.76. The molecule has 0 bridgehead atoms. The Balaban J connectivity index is 1.55. The number of hydrogen-bond donors (Lipinski definition) is 1. The lowest BCUT2D eigenvalue weighted by molar-refractivity contribution is -0.118. The summed E-state index contributed by atoms with van der Waals surface area (Å²) in [4.78, 5) is 13.3. The Morgan fingerprint density at radius 2 is 1.89 bits per heavy atom. The molecular formula is C20H21N5OS2. The number of carbonyl (C=O) groups is 1. The highest BCUT2D eigenvalue weighted by molar-refractivity contribution is 7.99. The molecule has 2 aromatic carbocycles. The van der Waals surface area contributed by atoms with Crippen LogP contribution in [0, 0.1) is 0 Å². The van der Waals surface area contributed by atoms with E-state index in [9.17, 15) is 4.79 Å². The van der Waals surface area contributed by atoms with Gasteiger partial charge in [0.05, 0.1) is 12.0 Å². The zero-order valence-corrected chi connectivity index (χ0v) is 17.3. The lowest BCUT2D eigenvalue weighted by atomic mass is 10.2. The number of carbonyl (C=O) groups excluding carboxylic acids is 1.